The fourth-order valence-corrected chi connectivity index (χ4v) is 1.68. The van der Waals surface area contributed by atoms with Gasteiger partial charge in [0.15, 0.2) is 0 Å². The van der Waals surface area contributed by atoms with Crippen molar-refractivity contribution in [3.05, 3.63) is 0 Å². The zero-order valence-electron chi connectivity index (χ0n) is 11.2. The topological polar surface area (TPSA) is 72.6 Å². The summed E-state index contributed by atoms with van der Waals surface area (Å²) in [7, 11) is 2.91. The number of esters is 1. The number of amides is 1. The van der Waals surface area contributed by atoms with E-state index >= 15 is 0 Å². The maximum absolute atomic E-state index is 11.8. The molecule has 0 spiro atoms. The summed E-state index contributed by atoms with van der Waals surface area (Å²) in [6.45, 7) is 4.70. The summed E-state index contributed by atoms with van der Waals surface area (Å²) in [4.78, 5) is 24.2. The third-order valence-corrected chi connectivity index (χ3v) is 2.62. The molecular formula is C12H24N2O3. The Kier molecular flexibility index (Phi) is 7.54. The van der Waals surface area contributed by atoms with Crippen molar-refractivity contribution in [1.29, 1.82) is 0 Å². The molecule has 100 valence electrons. The molecule has 1 amide bonds. The van der Waals surface area contributed by atoms with Gasteiger partial charge in [0, 0.05) is 13.5 Å². The van der Waals surface area contributed by atoms with Crippen LogP contribution in [0.2, 0.25) is 0 Å². The average Bonchev–Trinajstić information content (AvgIpc) is 2.26. The smallest absolute Gasteiger partial charge is 0.325 e. The Morgan fingerprint density at radius 3 is 2.35 bits per heavy atom. The first-order valence-corrected chi connectivity index (χ1v) is 5.91. The summed E-state index contributed by atoms with van der Waals surface area (Å²) in [6, 6.07) is 0. The van der Waals surface area contributed by atoms with E-state index in [-0.39, 0.29) is 18.4 Å². The minimum Gasteiger partial charge on any atom is -0.468 e. The van der Waals surface area contributed by atoms with Crippen molar-refractivity contribution in [1.82, 2.24) is 4.90 Å². The molecule has 0 heterocycles. The predicted molar refractivity (Wildman–Crippen MR) is 66.3 cm³/mol. The molecule has 0 aliphatic rings. The lowest BCUT2D eigenvalue weighted by atomic mass is 9.94. The van der Waals surface area contributed by atoms with Crippen LogP contribution >= 0.6 is 0 Å². The number of likely N-dealkylation sites (N-methyl/N-ethyl adjacent to an activating group) is 1. The van der Waals surface area contributed by atoms with Gasteiger partial charge in [0.05, 0.1) is 7.11 Å². The summed E-state index contributed by atoms with van der Waals surface area (Å²) in [5, 5.41) is 0. The van der Waals surface area contributed by atoms with E-state index in [9.17, 15) is 9.59 Å². The van der Waals surface area contributed by atoms with Crippen molar-refractivity contribution in [2.45, 2.75) is 26.7 Å². The fourth-order valence-electron chi connectivity index (χ4n) is 1.68. The molecule has 0 radical (unpaired) electrons. The maximum atomic E-state index is 11.8. The van der Waals surface area contributed by atoms with Crippen LogP contribution in [0.25, 0.3) is 0 Å². The van der Waals surface area contributed by atoms with Crippen molar-refractivity contribution in [2.75, 3.05) is 27.2 Å². The first kappa shape index (κ1) is 15.9. The van der Waals surface area contributed by atoms with Crippen LogP contribution in [-0.4, -0.2) is 44.0 Å². The lowest BCUT2D eigenvalue weighted by Crippen LogP contribution is -2.35. The lowest BCUT2D eigenvalue weighted by molar-refractivity contribution is -0.146. The molecule has 0 aliphatic carbocycles. The molecule has 1 atom stereocenters. The van der Waals surface area contributed by atoms with Crippen LogP contribution in [0.3, 0.4) is 0 Å². The second-order valence-corrected chi connectivity index (χ2v) is 4.76. The number of hydrogen-bond acceptors (Lipinski definition) is 4. The number of rotatable bonds is 7. The second kappa shape index (κ2) is 8.06. The minimum atomic E-state index is -0.408. The molecule has 0 saturated heterocycles. The van der Waals surface area contributed by atoms with Gasteiger partial charge in [0.25, 0.3) is 0 Å². The number of nitrogens with two attached hydrogens (primary N) is 1. The van der Waals surface area contributed by atoms with Gasteiger partial charge in [-0.2, -0.15) is 0 Å². The molecule has 0 aliphatic heterocycles. The number of nitrogens with zero attached hydrogens (tertiary/aromatic N) is 1. The van der Waals surface area contributed by atoms with Gasteiger partial charge in [-0.25, -0.2) is 0 Å². The highest BCUT2D eigenvalue weighted by Gasteiger charge is 2.18. The summed E-state index contributed by atoms with van der Waals surface area (Å²) in [5.74, 6) is 0.227. The van der Waals surface area contributed by atoms with Gasteiger partial charge in [-0.3, -0.25) is 9.59 Å². The lowest BCUT2D eigenvalue weighted by Gasteiger charge is -2.21. The van der Waals surface area contributed by atoms with Crippen LogP contribution in [-0.2, 0) is 14.3 Å². The molecule has 17 heavy (non-hydrogen) atoms. The second-order valence-electron chi connectivity index (χ2n) is 4.76. The van der Waals surface area contributed by atoms with Gasteiger partial charge in [-0.15, -0.1) is 0 Å². The molecule has 0 fully saturated rings. The number of carbonyl (C=O) groups excluding carboxylic acids is 2. The van der Waals surface area contributed by atoms with Crippen molar-refractivity contribution in [3.63, 3.8) is 0 Å². The van der Waals surface area contributed by atoms with E-state index in [0.29, 0.717) is 18.9 Å². The predicted octanol–water partition coefficient (Wildman–Crippen LogP) is 0.629. The van der Waals surface area contributed by atoms with Crippen LogP contribution in [0, 0.1) is 11.8 Å². The van der Waals surface area contributed by atoms with E-state index in [2.05, 4.69) is 18.6 Å². The largest absolute Gasteiger partial charge is 0.468 e. The minimum absolute atomic E-state index is 0.00565. The van der Waals surface area contributed by atoms with Crippen molar-refractivity contribution in [2.24, 2.45) is 17.6 Å². The third kappa shape index (κ3) is 6.94. The van der Waals surface area contributed by atoms with Gasteiger partial charge in [0.2, 0.25) is 5.91 Å². The SMILES string of the molecule is COC(=O)CN(C)C(=O)CC(CN)CC(C)C. The van der Waals surface area contributed by atoms with E-state index in [4.69, 9.17) is 5.73 Å². The third-order valence-electron chi connectivity index (χ3n) is 2.62. The standard InChI is InChI=1S/C12H24N2O3/c1-9(2)5-10(7-13)6-11(15)14(3)8-12(16)17-4/h9-10H,5-8,13H2,1-4H3. The van der Waals surface area contributed by atoms with Gasteiger partial charge in [-0.05, 0) is 24.8 Å². The molecule has 5 heteroatoms. The summed E-state index contributed by atoms with van der Waals surface area (Å²) >= 11 is 0. The van der Waals surface area contributed by atoms with Gasteiger partial charge in [-0.1, -0.05) is 13.8 Å². The molecule has 0 aromatic heterocycles. The molecule has 0 saturated carbocycles. The van der Waals surface area contributed by atoms with E-state index in [1.54, 1.807) is 7.05 Å². The summed E-state index contributed by atoms with van der Waals surface area (Å²) in [6.07, 6.45) is 1.32. The number of carbonyl (C=O) groups is 2. The van der Waals surface area contributed by atoms with Crippen LogP contribution in [0.1, 0.15) is 26.7 Å². The van der Waals surface area contributed by atoms with Crippen molar-refractivity contribution < 1.29 is 14.3 Å². The summed E-state index contributed by atoms with van der Waals surface area (Å²) in [5.41, 5.74) is 5.63. The Labute approximate surface area is 103 Å². The Hall–Kier alpha value is -1.10. The fraction of sp³-hybridized carbons (Fsp3) is 0.833. The zero-order valence-corrected chi connectivity index (χ0v) is 11.2. The van der Waals surface area contributed by atoms with Gasteiger partial charge < -0.3 is 15.4 Å². The summed E-state index contributed by atoms with van der Waals surface area (Å²) < 4.78 is 4.51. The molecule has 0 aromatic carbocycles. The number of ether oxygens (including phenoxy) is 1. The number of methoxy groups -OCH3 is 1. The normalized spacial score (nSPS) is 12.4. The van der Waals surface area contributed by atoms with Crippen LogP contribution in [0.4, 0.5) is 0 Å². The van der Waals surface area contributed by atoms with E-state index in [1.807, 2.05) is 0 Å². The Morgan fingerprint density at radius 1 is 1.35 bits per heavy atom. The molecule has 1 unspecified atom stereocenters. The highest BCUT2D eigenvalue weighted by atomic mass is 16.5. The van der Waals surface area contributed by atoms with Crippen LogP contribution in [0.5, 0.6) is 0 Å². The van der Waals surface area contributed by atoms with E-state index in [1.165, 1.54) is 12.0 Å². The molecular weight excluding hydrogens is 220 g/mol. The van der Waals surface area contributed by atoms with E-state index < -0.39 is 5.97 Å². The monoisotopic (exact) mass is 244 g/mol. The first-order valence-electron chi connectivity index (χ1n) is 5.91. The average molecular weight is 244 g/mol. The van der Waals surface area contributed by atoms with E-state index in [0.717, 1.165) is 6.42 Å². The van der Waals surface area contributed by atoms with Crippen molar-refractivity contribution in [3.8, 4) is 0 Å². The van der Waals surface area contributed by atoms with Crippen molar-refractivity contribution >= 4 is 11.9 Å². The highest BCUT2D eigenvalue weighted by molar-refractivity contribution is 5.81. The first-order chi connectivity index (χ1) is 7.90. The van der Waals surface area contributed by atoms with Crippen LogP contribution < -0.4 is 5.73 Å². The highest BCUT2D eigenvalue weighted by Crippen LogP contribution is 2.15. The number of hydrogen-bond donors (Lipinski definition) is 1. The van der Waals surface area contributed by atoms with Crippen LogP contribution in [0.15, 0.2) is 0 Å². The molecule has 0 rings (SSSR count). The molecule has 5 nitrogen and oxygen atoms in total. The van der Waals surface area contributed by atoms with Gasteiger partial charge >= 0.3 is 5.97 Å². The quantitative estimate of drug-likeness (QED) is 0.667. The zero-order chi connectivity index (χ0) is 13.4. The molecule has 0 bridgehead atoms. The maximum Gasteiger partial charge on any atom is 0.325 e. The van der Waals surface area contributed by atoms with Gasteiger partial charge in [0.1, 0.15) is 6.54 Å². The Balaban J connectivity index is 4.16. The molecule has 2 N–H and O–H groups in total. The Bertz CT molecular complexity index is 254. The molecule has 0 aromatic rings. The Morgan fingerprint density at radius 2 is 1.94 bits per heavy atom.